The monoisotopic (exact) mass is 389 g/mol. The molecule has 3 aromatic rings. The highest BCUT2D eigenvalue weighted by atomic mass is 32.2. The van der Waals surface area contributed by atoms with E-state index < -0.39 is 11.7 Å². The molecule has 1 aromatic heterocycles. The predicted molar refractivity (Wildman–Crippen MR) is 101 cm³/mol. The lowest BCUT2D eigenvalue weighted by Crippen LogP contribution is -2.24. The molecule has 1 atom stereocenters. The molecule has 0 radical (unpaired) electrons. The molecule has 0 spiro atoms. The third-order valence-electron chi connectivity index (χ3n) is 4.62. The van der Waals surface area contributed by atoms with Crippen molar-refractivity contribution in [3.8, 4) is 0 Å². The molecule has 1 N–H and O–H groups in total. The van der Waals surface area contributed by atoms with Crippen LogP contribution >= 0.6 is 11.8 Å². The van der Waals surface area contributed by atoms with Crippen LogP contribution in [0.15, 0.2) is 65.8 Å². The summed E-state index contributed by atoms with van der Waals surface area (Å²) < 4.78 is 39.3. The van der Waals surface area contributed by atoms with E-state index in [-0.39, 0.29) is 5.25 Å². The highest BCUT2D eigenvalue weighted by molar-refractivity contribution is 7.99. The molecular weight excluding hydrogens is 371 g/mol. The van der Waals surface area contributed by atoms with Crippen LogP contribution in [0.4, 0.5) is 18.9 Å². The summed E-state index contributed by atoms with van der Waals surface area (Å²) in [5.74, 6) is 0.868. The first kappa shape index (κ1) is 18.0. The molecule has 140 valence electrons. The Labute approximate surface area is 159 Å². The van der Waals surface area contributed by atoms with Gasteiger partial charge in [0.15, 0.2) is 0 Å². The van der Waals surface area contributed by atoms with Gasteiger partial charge in [-0.15, -0.1) is 11.8 Å². The van der Waals surface area contributed by atoms with Gasteiger partial charge >= 0.3 is 6.18 Å². The number of benzene rings is 2. The van der Waals surface area contributed by atoms with Gasteiger partial charge in [0.2, 0.25) is 0 Å². The maximum Gasteiger partial charge on any atom is 0.416 e. The van der Waals surface area contributed by atoms with Gasteiger partial charge in [-0.25, -0.2) is 4.98 Å². The Morgan fingerprint density at radius 1 is 1.15 bits per heavy atom. The molecule has 0 unspecified atom stereocenters. The Balaban J connectivity index is 1.64. The molecule has 3 nitrogen and oxygen atoms in total. The summed E-state index contributed by atoms with van der Waals surface area (Å²) in [7, 11) is 0. The standard InChI is InChI=1S/C20H18F3N3S/c21-20(22,23)15-5-3-4-14(12-15)17-8-11-26(13-19-24-9-10-25-19)16-6-1-2-7-18(16)27-17/h1-7,9-10,12,17H,8,11,13H2,(H,24,25)/t17-/m1/s1. The summed E-state index contributed by atoms with van der Waals surface area (Å²) >= 11 is 1.63. The van der Waals surface area contributed by atoms with E-state index in [1.165, 1.54) is 12.1 Å². The van der Waals surface area contributed by atoms with Crippen molar-refractivity contribution in [1.82, 2.24) is 9.97 Å². The second-order valence-corrected chi connectivity index (χ2v) is 7.69. The smallest absolute Gasteiger partial charge is 0.363 e. The Morgan fingerprint density at radius 2 is 2.00 bits per heavy atom. The Bertz CT molecular complexity index is 909. The molecule has 0 aliphatic carbocycles. The van der Waals surface area contributed by atoms with Gasteiger partial charge in [-0.1, -0.05) is 30.3 Å². The fourth-order valence-electron chi connectivity index (χ4n) is 3.30. The molecule has 1 aliphatic rings. The van der Waals surface area contributed by atoms with Crippen LogP contribution in [-0.2, 0) is 12.7 Å². The number of fused-ring (bicyclic) bond motifs is 1. The molecule has 0 saturated heterocycles. The van der Waals surface area contributed by atoms with Crippen LogP contribution in [0.2, 0.25) is 0 Å². The van der Waals surface area contributed by atoms with E-state index in [4.69, 9.17) is 0 Å². The summed E-state index contributed by atoms with van der Waals surface area (Å²) in [6.45, 7) is 1.38. The number of aromatic nitrogens is 2. The first-order valence-corrected chi connectivity index (χ1v) is 9.55. The summed E-state index contributed by atoms with van der Waals surface area (Å²) in [4.78, 5) is 10.7. The summed E-state index contributed by atoms with van der Waals surface area (Å²) in [5.41, 5.74) is 1.21. The van der Waals surface area contributed by atoms with Gasteiger partial charge in [-0.05, 0) is 30.2 Å². The van der Waals surface area contributed by atoms with Crippen molar-refractivity contribution in [3.05, 3.63) is 77.9 Å². The SMILES string of the molecule is FC(F)(F)c1cccc([C@H]2CCN(Cc3ncc[nH]3)c3ccccc3S2)c1. The highest BCUT2D eigenvalue weighted by Gasteiger charge is 2.31. The average molecular weight is 389 g/mol. The molecule has 0 bridgehead atoms. The minimum atomic E-state index is -4.32. The van der Waals surface area contributed by atoms with Gasteiger partial charge < -0.3 is 9.88 Å². The van der Waals surface area contributed by atoms with Crippen molar-refractivity contribution in [2.75, 3.05) is 11.4 Å². The number of para-hydroxylation sites is 1. The molecule has 2 heterocycles. The van der Waals surface area contributed by atoms with Crippen molar-refractivity contribution in [2.24, 2.45) is 0 Å². The average Bonchev–Trinajstić information content (AvgIpc) is 3.10. The minimum Gasteiger partial charge on any atom is -0.363 e. The van der Waals surface area contributed by atoms with Gasteiger partial charge in [0, 0.05) is 29.1 Å². The van der Waals surface area contributed by atoms with E-state index in [2.05, 4.69) is 20.9 Å². The van der Waals surface area contributed by atoms with Crippen LogP contribution in [-0.4, -0.2) is 16.5 Å². The number of thioether (sulfide) groups is 1. The topological polar surface area (TPSA) is 31.9 Å². The van der Waals surface area contributed by atoms with Crippen LogP contribution in [0, 0.1) is 0 Å². The zero-order valence-corrected chi connectivity index (χ0v) is 15.2. The number of H-pyrrole nitrogens is 1. The van der Waals surface area contributed by atoms with E-state index >= 15 is 0 Å². The van der Waals surface area contributed by atoms with Crippen LogP contribution < -0.4 is 4.90 Å². The van der Waals surface area contributed by atoms with Gasteiger partial charge in [0.05, 0.1) is 17.8 Å². The number of hydrogen-bond acceptors (Lipinski definition) is 3. The Morgan fingerprint density at radius 3 is 2.78 bits per heavy atom. The van der Waals surface area contributed by atoms with Crippen molar-refractivity contribution >= 4 is 17.4 Å². The van der Waals surface area contributed by atoms with E-state index in [0.717, 1.165) is 35.4 Å². The normalized spacial score (nSPS) is 17.4. The summed E-state index contributed by atoms with van der Waals surface area (Å²) in [6.07, 6.45) is -0.0610. The van der Waals surface area contributed by atoms with E-state index in [9.17, 15) is 13.2 Å². The fourth-order valence-corrected chi connectivity index (χ4v) is 4.59. The quantitative estimate of drug-likeness (QED) is 0.626. The highest BCUT2D eigenvalue weighted by Crippen LogP contribution is 2.46. The number of alkyl halides is 3. The molecule has 0 saturated carbocycles. The van der Waals surface area contributed by atoms with Crippen molar-refractivity contribution in [1.29, 1.82) is 0 Å². The Kier molecular flexibility index (Phi) is 4.86. The third-order valence-corrected chi connectivity index (χ3v) is 6.01. The summed E-state index contributed by atoms with van der Waals surface area (Å²) in [5, 5.41) is -0.0324. The minimum absolute atomic E-state index is 0.0324. The number of nitrogens with one attached hydrogen (secondary N) is 1. The maximum absolute atomic E-state index is 13.1. The lowest BCUT2D eigenvalue weighted by molar-refractivity contribution is -0.137. The molecule has 0 fully saturated rings. The number of hydrogen-bond donors (Lipinski definition) is 1. The molecule has 4 rings (SSSR count). The van der Waals surface area contributed by atoms with E-state index in [0.29, 0.717) is 12.1 Å². The largest absolute Gasteiger partial charge is 0.416 e. The number of nitrogens with zero attached hydrogens (tertiary/aromatic N) is 2. The van der Waals surface area contributed by atoms with Gasteiger partial charge in [0.1, 0.15) is 5.82 Å². The van der Waals surface area contributed by atoms with Crippen molar-refractivity contribution < 1.29 is 13.2 Å². The molecule has 1 aliphatic heterocycles. The lowest BCUT2D eigenvalue weighted by Gasteiger charge is -2.23. The zero-order chi connectivity index (χ0) is 18.9. The second kappa shape index (κ2) is 7.31. The van der Waals surface area contributed by atoms with Crippen LogP contribution in [0.5, 0.6) is 0 Å². The molecule has 27 heavy (non-hydrogen) atoms. The molecule has 0 amide bonds. The number of rotatable bonds is 3. The van der Waals surface area contributed by atoms with Crippen LogP contribution in [0.3, 0.4) is 0 Å². The van der Waals surface area contributed by atoms with Gasteiger partial charge in [0.25, 0.3) is 0 Å². The summed E-state index contributed by atoms with van der Waals surface area (Å²) in [6, 6.07) is 13.7. The molecule has 7 heteroatoms. The number of aromatic amines is 1. The zero-order valence-electron chi connectivity index (χ0n) is 14.4. The number of anilines is 1. The maximum atomic E-state index is 13.1. The van der Waals surface area contributed by atoms with Crippen molar-refractivity contribution in [3.63, 3.8) is 0 Å². The van der Waals surface area contributed by atoms with Crippen molar-refractivity contribution in [2.45, 2.75) is 29.3 Å². The first-order valence-electron chi connectivity index (χ1n) is 8.67. The molecule has 2 aromatic carbocycles. The predicted octanol–water partition coefficient (Wildman–Crippen LogP) is 5.67. The second-order valence-electron chi connectivity index (χ2n) is 6.44. The third kappa shape index (κ3) is 3.98. The van der Waals surface area contributed by atoms with E-state index in [1.54, 1.807) is 30.2 Å². The lowest BCUT2D eigenvalue weighted by atomic mass is 10.1. The van der Waals surface area contributed by atoms with Gasteiger partial charge in [-0.2, -0.15) is 13.2 Å². The fraction of sp³-hybridized carbons (Fsp3) is 0.250. The Hall–Kier alpha value is -2.41. The first-order chi connectivity index (χ1) is 13.0. The van der Waals surface area contributed by atoms with Crippen LogP contribution in [0.1, 0.15) is 28.6 Å². The van der Waals surface area contributed by atoms with Crippen LogP contribution in [0.25, 0.3) is 0 Å². The number of imidazole rings is 1. The van der Waals surface area contributed by atoms with E-state index in [1.807, 2.05) is 18.2 Å². The number of halogens is 3. The van der Waals surface area contributed by atoms with Gasteiger partial charge in [-0.3, -0.25) is 0 Å². The molecular formula is C20H18F3N3S.